The Balaban J connectivity index is 1.54. The fourth-order valence-corrected chi connectivity index (χ4v) is 4.29. The predicted molar refractivity (Wildman–Crippen MR) is 106 cm³/mol. The molecule has 1 aromatic carbocycles. The first kappa shape index (κ1) is 19.5. The Morgan fingerprint density at radius 3 is 2.46 bits per heavy atom. The number of nitrogens with zero attached hydrogens (tertiary/aromatic N) is 2. The number of rotatable bonds is 6. The van der Waals surface area contributed by atoms with Gasteiger partial charge in [0.2, 0.25) is 0 Å². The quantitative estimate of drug-likeness (QED) is 0.743. The van der Waals surface area contributed by atoms with Crippen LogP contribution in [0.15, 0.2) is 12.1 Å². The van der Waals surface area contributed by atoms with Crippen LogP contribution in [0, 0.1) is 13.8 Å². The van der Waals surface area contributed by atoms with Crippen LogP contribution >= 0.6 is 11.6 Å². The predicted octanol–water partition coefficient (Wildman–Crippen LogP) is 4.20. The average Bonchev–Trinajstić information content (AvgIpc) is 3.16. The standard InChI is InChI=1S/C21H31ClN2O2/c1-16-13-19(14-17(2)21(16)22)26-15-20(25)24-11-4-3-7-18(24)8-12-23-9-5-6-10-23/h13-14,18H,3-12,15H2,1-2H3/t18-/m0/s1. The third-order valence-electron chi connectivity index (χ3n) is 5.70. The number of likely N-dealkylation sites (tertiary alicyclic amines) is 2. The largest absolute Gasteiger partial charge is 0.484 e. The van der Waals surface area contributed by atoms with E-state index < -0.39 is 0 Å². The number of hydrogen-bond donors (Lipinski definition) is 0. The van der Waals surface area contributed by atoms with Crippen molar-refractivity contribution in [1.82, 2.24) is 9.80 Å². The topological polar surface area (TPSA) is 32.8 Å². The molecule has 144 valence electrons. The van der Waals surface area contributed by atoms with Gasteiger partial charge in [0, 0.05) is 24.2 Å². The van der Waals surface area contributed by atoms with E-state index in [9.17, 15) is 4.79 Å². The smallest absolute Gasteiger partial charge is 0.260 e. The van der Waals surface area contributed by atoms with E-state index >= 15 is 0 Å². The van der Waals surface area contributed by atoms with Gasteiger partial charge in [-0.1, -0.05) is 11.6 Å². The van der Waals surface area contributed by atoms with Gasteiger partial charge in [-0.15, -0.1) is 0 Å². The Kier molecular flexibility index (Phi) is 6.82. The van der Waals surface area contributed by atoms with Crippen molar-refractivity contribution in [2.24, 2.45) is 0 Å². The van der Waals surface area contributed by atoms with Crippen LogP contribution in [0.3, 0.4) is 0 Å². The molecule has 1 atom stereocenters. The third-order valence-corrected chi connectivity index (χ3v) is 6.29. The van der Waals surface area contributed by atoms with Crippen molar-refractivity contribution >= 4 is 17.5 Å². The lowest BCUT2D eigenvalue weighted by molar-refractivity contribution is -0.137. The number of ether oxygens (including phenoxy) is 1. The Morgan fingerprint density at radius 2 is 1.77 bits per heavy atom. The highest BCUT2D eigenvalue weighted by Gasteiger charge is 2.27. The summed E-state index contributed by atoms with van der Waals surface area (Å²) in [6.07, 6.45) is 7.18. The van der Waals surface area contributed by atoms with Crippen molar-refractivity contribution in [2.45, 2.75) is 58.4 Å². The average molecular weight is 379 g/mol. The fraction of sp³-hybridized carbons (Fsp3) is 0.667. The van der Waals surface area contributed by atoms with Crippen LogP contribution in [0.2, 0.25) is 5.02 Å². The third kappa shape index (κ3) is 4.92. The van der Waals surface area contributed by atoms with Crippen LogP contribution < -0.4 is 4.74 Å². The van der Waals surface area contributed by atoms with Crippen LogP contribution in [-0.2, 0) is 4.79 Å². The first-order valence-electron chi connectivity index (χ1n) is 9.96. The van der Waals surface area contributed by atoms with Gasteiger partial charge >= 0.3 is 0 Å². The summed E-state index contributed by atoms with van der Waals surface area (Å²) in [6.45, 7) is 8.46. The maximum absolute atomic E-state index is 12.8. The number of halogens is 1. The van der Waals surface area contributed by atoms with E-state index in [1.807, 2.05) is 26.0 Å². The first-order chi connectivity index (χ1) is 12.5. The number of benzene rings is 1. The molecule has 0 unspecified atom stereocenters. The summed E-state index contributed by atoms with van der Waals surface area (Å²) in [4.78, 5) is 17.4. The fourth-order valence-electron chi connectivity index (χ4n) is 4.18. The molecule has 3 rings (SSSR count). The lowest BCUT2D eigenvalue weighted by Crippen LogP contribution is -2.47. The highest BCUT2D eigenvalue weighted by atomic mass is 35.5. The molecule has 0 aromatic heterocycles. The number of carbonyl (C=O) groups excluding carboxylic acids is 1. The molecule has 4 nitrogen and oxygen atoms in total. The summed E-state index contributed by atoms with van der Waals surface area (Å²) < 4.78 is 5.80. The normalized spacial score (nSPS) is 21.2. The molecule has 26 heavy (non-hydrogen) atoms. The SMILES string of the molecule is Cc1cc(OCC(=O)N2CCCC[C@H]2CCN2CCCC2)cc(C)c1Cl. The molecule has 0 radical (unpaired) electrons. The van der Waals surface area contributed by atoms with Crippen LogP contribution in [0.4, 0.5) is 0 Å². The molecule has 5 heteroatoms. The number of hydrogen-bond acceptors (Lipinski definition) is 3. The molecule has 0 N–H and O–H groups in total. The molecule has 2 saturated heterocycles. The van der Waals surface area contributed by atoms with Gasteiger partial charge < -0.3 is 14.5 Å². The molecule has 0 spiro atoms. The second kappa shape index (κ2) is 9.09. The van der Waals surface area contributed by atoms with Crippen LogP contribution in [0.1, 0.15) is 49.7 Å². The zero-order chi connectivity index (χ0) is 18.5. The summed E-state index contributed by atoms with van der Waals surface area (Å²) in [5.74, 6) is 0.838. The van der Waals surface area contributed by atoms with Gasteiger partial charge in [0.05, 0.1) is 0 Å². The molecule has 2 aliphatic rings. The van der Waals surface area contributed by atoms with Gasteiger partial charge in [0.1, 0.15) is 5.75 Å². The number of aryl methyl sites for hydroxylation is 2. The van der Waals surface area contributed by atoms with Gasteiger partial charge in [-0.2, -0.15) is 0 Å². The Morgan fingerprint density at radius 1 is 1.12 bits per heavy atom. The van der Waals surface area contributed by atoms with Gasteiger partial charge in [-0.3, -0.25) is 4.79 Å². The lowest BCUT2D eigenvalue weighted by atomic mass is 9.99. The van der Waals surface area contributed by atoms with E-state index in [1.165, 1.54) is 32.4 Å². The van der Waals surface area contributed by atoms with E-state index in [1.54, 1.807) is 0 Å². The maximum atomic E-state index is 12.8. The zero-order valence-electron chi connectivity index (χ0n) is 16.1. The van der Waals surface area contributed by atoms with Crippen molar-refractivity contribution < 1.29 is 9.53 Å². The number of amides is 1. The van der Waals surface area contributed by atoms with E-state index in [-0.39, 0.29) is 12.5 Å². The van der Waals surface area contributed by atoms with Gasteiger partial charge in [0.25, 0.3) is 5.91 Å². The van der Waals surface area contributed by atoms with Crippen molar-refractivity contribution in [3.63, 3.8) is 0 Å². The minimum Gasteiger partial charge on any atom is -0.484 e. The maximum Gasteiger partial charge on any atom is 0.260 e. The summed E-state index contributed by atoms with van der Waals surface area (Å²) in [5.41, 5.74) is 1.96. The van der Waals surface area contributed by atoms with Crippen molar-refractivity contribution in [2.75, 3.05) is 32.8 Å². The zero-order valence-corrected chi connectivity index (χ0v) is 16.9. The van der Waals surface area contributed by atoms with Gasteiger partial charge in [-0.25, -0.2) is 0 Å². The Hall–Kier alpha value is -1.26. The molecular weight excluding hydrogens is 348 g/mol. The minimum atomic E-state index is 0.112. The molecule has 0 aliphatic carbocycles. The van der Waals surface area contributed by atoms with Gasteiger partial charge in [-0.05, 0) is 88.7 Å². The van der Waals surface area contributed by atoms with E-state index in [0.717, 1.165) is 54.3 Å². The molecular formula is C21H31ClN2O2. The number of piperidine rings is 1. The van der Waals surface area contributed by atoms with Crippen molar-refractivity contribution in [3.8, 4) is 5.75 Å². The van der Waals surface area contributed by atoms with Crippen LogP contribution in [0.25, 0.3) is 0 Å². The summed E-state index contributed by atoms with van der Waals surface area (Å²) in [6, 6.07) is 4.18. The lowest BCUT2D eigenvalue weighted by Gasteiger charge is -2.36. The van der Waals surface area contributed by atoms with Gasteiger partial charge in [0.15, 0.2) is 6.61 Å². The second-order valence-electron chi connectivity index (χ2n) is 7.73. The van der Waals surface area contributed by atoms with E-state index in [2.05, 4.69) is 9.80 Å². The second-order valence-corrected chi connectivity index (χ2v) is 8.11. The molecule has 1 amide bonds. The summed E-state index contributed by atoms with van der Waals surface area (Å²) in [5, 5.41) is 0.765. The molecule has 0 saturated carbocycles. The molecule has 2 aliphatic heterocycles. The Labute approximate surface area is 162 Å². The minimum absolute atomic E-state index is 0.112. The molecule has 2 fully saturated rings. The first-order valence-corrected chi connectivity index (χ1v) is 10.3. The molecule has 0 bridgehead atoms. The van der Waals surface area contributed by atoms with Crippen LogP contribution in [-0.4, -0.2) is 54.5 Å². The van der Waals surface area contributed by atoms with Crippen molar-refractivity contribution in [3.05, 3.63) is 28.3 Å². The number of carbonyl (C=O) groups is 1. The highest BCUT2D eigenvalue weighted by molar-refractivity contribution is 6.32. The Bertz CT molecular complexity index is 605. The van der Waals surface area contributed by atoms with E-state index in [0.29, 0.717) is 6.04 Å². The van der Waals surface area contributed by atoms with Crippen molar-refractivity contribution in [1.29, 1.82) is 0 Å². The molecule has 2 heterocycles. The molecule has 1 aromatic rings. The monoisotopic (exact) mass is 378 g/mol. The summed E-state index contributed by atoms with van der Waals surface area (Å²) >= 11 is 6.21. The highest BCUT2D eigenvalue weighted by Crippen LogP contribution is 2.26. The van der Waals surface area contributed by atoms with E-state index in [4.69, 9.17) is 16.3 Å². The summed E-state index contributed by atoms with van der Waals surface area (Å²) in [7, 11) is 0. The van der Waals surface area contributed by atoms with Crippen LogP contribution in [0.5, 0.6) is 5.75 Å².